The molecular weight excluding hydrogens is 224 g/mol. The third kappa shape index (κ3) is 3.44. The van der Waals surface area contributed by atoms with E-state index < -0.39 is 0 Å². The van der Waals surface area contributed by atoms with E-state index in [2.05, 4.69) is 28.2 Å². The average molecular weight is 244 g/mol. The first-order valence-corrected chi connectivity index (χ1v) is 6.64. The van der Waals surface area contributed by atoms with Gasteiger partial charge in [0.05, 0.1) is 5.56 Å². The summed E-state index contributed by atoms with van der Waals surface area (Å²) in [5, 5.41) is 12.0. The molecule has 1 N–H and O–H groups in total. The van der Waals surface area contributed by atoms with Gasteiger partial charge < -0.3 is 10.2 Å². The zero-order valence-electron chi connectivity index (χ0n) is 10.9. The van der Waals surface area contributed by atoms with Crippen LogP contribution in [-0.4, -0.2) is 36.1 Å². The molecule has 96 valence electrons. The van der Waals surface area contributed by atoms with E-state index in [-0.39, 0.29) is 0 Å². The Morgan fingerprint density at radius 3 is 3.11 bits per heavy atom. The van der Waals surface area contributed by atoms with Gasteiger partial charge in [-0.1, -0.05) is 6.92 Å². The Balaban J connectivity index is 1.76. The van der Waals surface area contributed by atoms with Crippen LogP contribution in [0.5, 0.6) is 0 Å². The standard InChI is InChI=1S/C14H20N4/c1-2-6-18-7-5-13(11-18)10-17-14-4-3-12(8-15)9-16-14/h3-4,9,13H,2,5-7,10-11H2,1H3,(H,16,17)/t13-/m1/s1. The molecule has 1 fully saturated rings. The minimum absolute atomic E-state index is 0.607. The van der Waals surface area contributed by atoms with Crippen molar-refractivity contribution in [2.24, 2.45) is 5.92 Å². The van der Waals surface area contributed by atoms with Crippen LogP contribution in [0.3, 0.4) is 0 Å². The van der Waals surface area contributed by atoms with E-state index in [0.717, 1.165) is 12.4 Å². The molecule has 18 heavy (non-hydrogen) atoms. The Bertz CT molecular complexity index is 407. The smallest absolute Gasteiger partial charge is 0.125 e. The summed E-state index contributed by atoms with van der Waals surface area (Å²) in [4.78, 5) is 6.74. The summed E-state index contributed by atoms with van der Waals surface area (Å²) >= 11 is 0. The molecule has 4 nitrogen and oxygen atoms in total. The van der Waals surface area contributed by atoms with Crippen LogP contribution in [0.15, 0.2) is 18.3 Å². The fourth-order valence-corrected chi connectivity index (χ4v) is 2.41. The van der Waals surface area contributed by atoms with Crippen LogP contribution in [0.25, 0.3) is 0 Å². The van der Waals surface area contributed by atoms with Gasteiger partial charge in [-0.25, -0.2) is 4.98 Å². The first kappa shape index (κ1) is 12.8. The molecule has 0 aromatic carbocycles. The van der Waals surface area contributed by atoms with Crippen LogP contribution in [0, 0.1) is 17.2 Å². The van der Waals surface area contributed by atoms with Crippen molar-refractivity contribution < 1.29 is 0 Å². The van der Waals surface area contributed by atoms with E-state index in [0.29, 0.717) is 11.5 Å². The highest BCUT2D eigenvalue weighted by molar-refractivity contribution is 5.38. The summed E-state index contributed by atoms with van der Waals surface area (Å²) in [6.45, 7) is 6.83. The Labute approximate surface area is 109 Å². The maximum Gasteiger partial charge on any atom is 0.125 e. The highest BCUT2D eigenvalue weighted by Crippen LogP contribution is 2.17. The topological polar surface area (TPSA) is 52.0 Å². The van der Waals surface area contributed by atoms with Crippen molar-refractivity contribution in [1.82, 2.24) is 9.88 Å². The largest absolute Gasteiger partial charge is 0.370 e. The third-order valence-corrected chi connectivity index (χ3v) is 3.37. The van der Waals surface area contributed by atoms with Crippen molar-refractivity contribution in [2.75, 3.05) is 31.5 Å². The van der Waals surface area contributed by atoms with Gasteiger partial charge >= 0.3 is 0 Å². The third-order valence-electron chi connectivity index (χ3n) is 3.37. The summed E-state index contributed by atoms with van der Waals surface area (Å²) < 4.78 is 0. The number of hydrogen-bond donors (Lipinski definition) is 1. The van der Waals surface area contributed by atoms with Crippen molar-refractivity contribution in [2.45, 2.75) is 19.8 Å². The number of nitriles is 1. The van der Waals surface area contributed by atoms with Gasteiger partial charge in [-0.2, -0.15) is 5.26 Å². The second-order valence-corrected chi connectivity index (χ2v) is 4.88. The van der Waals surface area contributed by atoms with Crippen molar-refractivity contribution >= 4 is 5.82 Å². The lowest BCUT2D eigenvalue weighted by Gasteiger charge is -2.15. The molecule has 4 heteroatoms. The van der Waals surface area contributed by atoms with Gasteiger partial charge in [0, 0.05) is 19.3 Å². The number of likely N-dealkylation sites (tertiary alicyclic amines) is 1. The molecule has 0 saturated carbocycles. The minimum Gasteiger partial charge on any atom is -0.370 e. The Hall–Kier alpha value is -1.60. The van der Waals surface area contributed by atoms with Crippen molar-refractivity contribution in [1.29, 1.82) is 5.26 Å². The average Bonchev–Trinajstić information content (AvgIpc) is 2.85. The SMILES string of the molecule is CCCN1CC[C@H](CNc2ccc(C#N)cn2)C1. The van der Waals surface area contributed by atoms with Gasteiger partial charge in [0.1, 0.15) is 11.9 Å². The zero-order valence-corrected chi connectivity index (χ0v) is 10.9. The lowest BCUT2D eigenvalue weighted by molar-refractivity contribution is 0.327. The van der Waals surface area contributed by atoms with Crippen molar-refractivity contribution in [3.05, 3.63) is 23.9 Å². The number of pyridine rings is 1. The van der Waals surface area contributed by atoms with Gasteiger partial charge in [-0.05, 0) is 44.0 Å². The lowest BCUT2D eigenvalue weighted by atomic mass is 10.1. The zero-order chi connectivity index (χ0) is 12.8. The molecule has 1 aromatic rings. The maximum absolute atomic E-state index is 8.69. The second kappa shape index (κ2) is 6.36. The van der Waals surface area contributed by atoms with Crippen molar-refractivity contribution in [3.8, 4) is 6.07 Å². The maximum atomic E-state index is 8.69. The molecule has 0 spiro atoms. The molecule has 0 bridgehead atoms. The quantitative estimate of drug-likeness (QED) is 0.861. The van der Waals surface area contributed by atoms with Crippen LogP contribution in [-0.2, 0) is 0 Å². The van der Waals surface area contributed by atoms with E-state index in [1.165, 1.54) is 32.5 Å². The molecule has 2 rings (SSSR count). The molecule has 0 unspecified atom stereocenters. The Morgan fingerprint density at radius 1 is 1.56 bits per heavy atom. The predicted octanol–water partition coefficient (Wildman–Crippen LogP) is 2.10. The summed E-state index contributed by atoms with van der Waals surface area (Å²) in [5.74, 6) is 1.58. The first-order chi connectivity index (χ1) is 8.81. The van der Waals surface area contributed by atoms with E-state index in [4.69, 9.17) is 5.26 Å². The highest BCUT2D eigenvalue weighted by Gasteiger charge is 2.21. The fourth-order valence-electron chi connectivity index (χ4n) is 2.41. The van der Waals surface area contributed by atoms with E-state index >= 15 is 0 Å². The molecule has 1 aliphatic rings. The molecule has 2 heterocycles. The van der Waals surface area contributed by atoms with Crippen LogP contribution in [0.4, 0.5) is 5.82 Å². The van der Waals surface area contributed by atoms with Crippen LogP contribution in [0.2, 0.25) is 0 Å². The second-order valence-electron chi connectivity index (χ2n) is 4.88. The number of aromatic nitrogens is 1. The van der Waals surface area contributed by atoms with E-state index in [1.807, 2.05) is 6.07 Å². The molecule has 0 radical (unpaired) electrons. The Kier molecular flexibility index (Phi) is 4.54. The summed E-state index contributed by atoms with van der Waals surface area (Å²) in [6.07, 6.45) is 4.11. The number of rotatable bonds is 5. The van der Waals surface area contributed by atoms with Gasteiger partial charge in [0.25, 0.3) is 0 Å². The van der Waals surface area contributed by atoms with Gasteiger partial charge in [0.15, 0.2) is 0 Å². The summed E-state index contributed by atoms with van der Waals surface area (Å²) in [7, 11) is 0. The summed E-state index contributed by atoms with van der Waals surface area (Å²) in [5.41, 5.74) is 0.607. The van der Waals surface area contributed by atoms with Crippen LogP contribution in [0.1, 0.15) is 25.3 Å². The lowest BCUT2D eigenvalue weighted by Crippen LogP contribution is -2.23. The normalized spacial score (nSPS) is 19.7. The minimum atomic E-state index is 0.607. The van der Waals surface area contributed by atoms with Gasteiger partial charge in [-0.15, -0.1) is 0 Å². The van der Waals surface area contributed by atoms with Gasteiger partial charge in [0.2, 0.25) is 0 Å². The summed E-state index contributed by atoms with van der Waals surface area (Å²) in [6, 6.07) is 5.75. The van der Waals surface area contributed by atoms with E-state index in [9.17, 15) is 0 Å². The number of anilines is 1. The molecule has 1 saturated heterocycles. The Morgan fingerprint density at radius 2 is 2.44 bits per heavy atom. The molecule has 1 aromatic heterocycles. The van der Waals surface area contributed by atoms with Crippen LogP contribution >= 0.6 is 0 Å². The van der Waals surface area contributed by atoms with Gasteiger partial charge in [-0.3, -0.25) is 0 Å². The number of hydrogen-bond acceptors (Lipinski definition) is 4. The molecule has 0 aliphatic carbocycles. The molecular formula is C14H20N4. The molecule has 1 atom stereocenters. The monoisotopic (exact) mass is 244 g/mol. The number of nitrogens with one attached hydrogen (secondary N) is 1. The number of nitrogens with zero attached hydrogens (tertiary/aromatic N) is 3. The van der Waals surface area contributed by atoms with Crippen LogP contribution < -0.4 is 5.32 Å². The first-order valence-electron chi connectivity index (χ1n) is 6.64. The molecule has 0 amide bonds. The van der Waals surface area contributed by atoms with E-state index in [1.54, 1.807) is 12.3 Å². The van der Waals surface area contributed by atoms with Crippen molar-refractivity contribution in [3.63, 3.8) is 0 Å². The highest BCUT2D eigenvalue weighted by atomic mass is 15.1. The molecule has 1 aliphatic heterocycles. The predicted molar refractivity (Wildman–Crippen MR) is 72.3 cm³/mol. The fraction of sp³-hybridized carbons (Fsp3) is 0.571.